The quantitative estimate of drug-likeness (QED) is 0.104. The van der Waals surface area contributed by atoms with Crippen molar-refractivity contribution in [3.05, 3.63) is 78.6 Å². The number of ether oxygens (including phenoxy) is 5. The van der Waals surface area contributed by atoms with Gasteiger partial charge >= 0.3 is 6.16 Å². The molecule has 3 aromatic carbocycles. The van der Waals surface area contributed by atoms with E-state index in [9.17, 15) is 9.18 Å². The SMILES string of the molecule is O=C1OCC(COc2ccc(OCCCCCCCCCCCCOc3ccc(-c4cccc(F)c4)cc3)cc2)CO1. The van der Waals surface area contributed by atoms with Crippen LogP contribution in [0.15, 0.2) is 72.8 Å². The van der Waals surface area contributed by atoms with Gasteiger partial charge in [0.2, 0.25) is 0 Å². The number of carbonyl (C=O) groups excluding carboxylic acids is 1. The van der Waals surface area contributed by atoms with Gasteiger partial charge in [-0.2, -0.15) is 0 Å². The van der Waals surface area contributed by atoms with Gasteiger partial charge in [0, 0.05) is 0 Å². The summed E-state index contributed by atoms with van der Waals surface area (Å²) in [5.41, 5.74) is 1.87. The summed E-state index contributed by atoms with van der Waals surface area (Å²) in [6, 6.07) is 22.2. The van der Waals surface area contributed by atoms with Crippen LogP contribution >= 0.6 is 0 Å². The molecule has 1 aliphatic rings. The molecule has 1 fully saturated rings. The van der Waals surface area contributed by atoms with Crippen LogP contribution in [0, 0.1) is 11.7 Å². The van der Waals surface area contributed by atoms with Crippen molar-refractivity contribution in [2.45, 2.75) is 64.2 Å². The molecule has 6 nitrogen and oxygen atoms in total. The van der Waals surface area contributed by atoms with Gasteiger partial charge in [0.1, 0.15) is 36.3 Å². The van der Waals surface area contributed by atoms with Crippen molar-refractivity contribution in [2.24, 2.45) is 5.92 Å². The van der Waals surface area contributed by atoms with Crippen molar-refractivity contribution in [1.82, 2.24) is 0 Å². The first-order valence-corrected chi connectivity index (χ1v) is 15.3. The summed E-state index contributed by atoms with van der Waals surface area (Å²) < 4.78 is 40.6. The number of unbranched alkanes of at least 4 members (excludes halogenated alkanes) is 9. The first-order chi connectivity index (χ1) is 20.7. The highest BCUT2D eigenvalue weighted by atomic mass is 19.1. The van der Waals surface area contributed by atoms with Gasteiger partial charge in [0.25, 0.3) is 0 Å². The fourth-order valence-electron chi connectivity index (χ4n) is 4.81. The Morgan fingerprint density at radius 3 is 1.60 bits per heavy atom. The fourth-order valence-corrected chi connectivity index (χ4v) is 4.81. The van der Waals surface area contributed by atoms with E-state index in [2.05, 4.69) is 0 Å². The average Bonchev–Trinajstić information content (AvgIpc) is 3.02. The third-order valence-corrected chi connectivity index (χ3v) is 7.27. The third-order valence-electron chi connectivity index (χ3n) is 7.27. The Bertz CT molecular complexity index is 1170. The normalized spacial score (nSPS) is 13.3. The molecule has 226 valence electrons. The second kappa shape index (κ2) is 17.9. The second-order valence-corrected chi connectivity index (χ2v) is 10.8. The van der Waals surface area contributed by atoms with E-state index in [1.54, 1.807) is 12.1 Å². The highest BCUT2D eigenvalue weighted by Gasteiger charge is 2.21. The van der Waals surface area contributed by atoms with Crippen LogP contribution in [0.3, 0.4) is 0 Å². The first-order valence-electron chi connectivity index (χ1n) is 15.3. The Balaban J connectivity index is 0.918. The molecule has 0 N–H and O–H groups in total. The molecule has 0 aromatic heterocycles. The summed E-state index contributed by atoms with van der Waals surface area (Å²) in [6.07, 6.45) is 11.6. The average molecular weight is 579 g/mol. The van der Waals surface area contributed by atoms with Crippen molar-refractivity contribution in [3.8, 4) is 28.4 Å². The summed E-state index contributed by atoms with van der Waals surface area (Å²) in [5.74, 6) is 2.30. The summed E-state index contributed by atoms with van der Waals surface area (Å²) in [6.45, 7) is 2.56. The molecule has 0 amide bonds. The van der Waals surface area contributed by atoms with Gasteiger partial charge in [-0.1, -0.05) is 75.6 Å². The Kier molecular flexibility index (Phi) is 13.3. The minimum atomic E-state index is -0.609. The van der Waals surface area contributed by atoms with E-state index in [1.165, 1.54) is 57.4 Å². The first kappa shape index (κ1) is 31.2. The number of halogens is 1. The van der Waals surface area contributed by atoms with Crippen LogP contribution in [-0.2, 0) is 9.47 Å². The van der Waals surface area contributed by atoms with Crippen LogP contribution in [0.2, 0.25) is 0 Å². The summed E-state index contributed by atoms with van der Waals surface area (Å²) >= 11 is 0. The number of cyclic esters (lactones) is 2. The zero-order chi connectivity index (χ0) is 29.2. The van der Waals surface area contributed by atoms with Crippen molar-refractivity contribution in [1.29, 1.82) is 0 Å². The Morgan fingerprint density at radius 1 is 0.595 bits per heavy atom. The molecule has 3 aromatic rings. The molecule has 1 aliphatic heterocycles. The fraction of sp³-hybridized carbons (Fsp3) is 0.457. The Labute approximate surface area is 249 Å². The molecule has 1 saturated heterocycles. The Morgan fingerprint density at radius 2 is 1.07 bits per heavy atom. The van der Waals surface area contributed by atoms with Crippen LogP contribution < -0.4 is 14.2 Å². The molecule has 0 unspecified atom stereocenters. The number of hydrogen-bond acceptors (Lipinski definition) is 6. The van der Waals surface area contributed by atoms with Crippen molar-refractivity contribution < 1.29 is 32.9 Å². The van der Waals surface area contributed by atoms with Crippen LogP contribution in [0.25, 0.3) is 11.1 Å². The van der Waals surface area contributed by atoms with Crippen molar-refractivity contribution >= 4 is 6.16 Å². The van der Waals surface area contributed by atoms with E-state index >= 15 is 0 Å². The Hall–Kier alpha value is -3.74. The molecule has 4 rings (SSSR count). The molecule has 0 radical (unpaired) electrons. The molecule has 0 aliphatic carbocycles. The van der Waals surface area contributed by atoms with E-state index in [0.29, 0.717) is 19.8 Å². The van der Waals surface area contributed by atoms with Gasteiger partial charge in [-0.05, 0) is 72.5 Å². The number of carbonyl (C=O) groups is 1. The molecular formula is C35H43FO6. The van der Waals surface area contributed by atoms with E-state index in [4.69, 9.17) is 23.7 Å². The lowest BCUT2D eigenvalue weighted by Crippen LogP contribution is -2.31. The zero-order valence-electron chi connectivity index (χ0n) is 24.4. The molecule has 0 bridgehead atoms. The van der Waals surface area contributed by atoms with Crippen LogP contribution in [-0.4, -0.2) is 39.2 Å². The van der Waals surface area contributed by atoms with E-state index in [0.717, 1.165) is 54.4 Å². The lowest BCUT2D eigenvalue weighted by molar-refractivity contribution is -0.0232. The van der Waals surface area contributed by atoms with Crippen LogP contribution in [0.4, 0.5) is 9.18 Å². The van der Waals surface area contributed by atoms with E-state index in [1.807, 2.05) is 54.6 Å². The molecular weight excluding hydrogens is 535 g/mol. The van der Waals surface area contributed by atoms with Crippen molar-refractivity contribution in [2.75, 3.05) is 33.0 Å². The lowest BCUT2D eigenvalue weighted by Gasteiger charge is -2.21. The standard InChI is InChI=1S/C35H43FO6/c36-31-13-11-12-30(24-31)29-14-16-32(17-15-29)38-22-9-7-5-3-1-2-4-6-8-10-23-39-33-18-20-34(21-19-33)40-25-28-26-41-35(37)42-27-28/h11-21,24,28H,1-10,22-23,25-27H2. The van der Waals surface area contributed by atoms with Crippen molar-refractivity contribution in [3.63, 3.8) is 0 Å². The molecule has 0 spiro atoms. The van der Waals surface area contributed by atoms with Crippen LogP contribution in [0.1, 0.15) is 64.2 Å². The number of hydrogen-bond donors (Lipinski definition) is 0. The van der Waals surface area contributed by atoms with E-state index in [-0.39, 0.29) is 11.7 Å². The maximum atomic E-state index is 13.4. The van der Waals surface area contributed by atoms with Crippen LogP contribution in [0.5, 0.6) is 17.2 Å². The summed E-state index contributed by atoms with van der Waals surface area (Å²) in [5, 5.41) is 0. The predicted molar refractivity (Wildman–Crippen MR) is 162 cm³/mol. The lowest BCUT2D eigenvalue weighted by atomic mass is 10.1. The van der Waals surface area contributed by atoms with Gasteiger partial charge in [-0.25, -0.2) is 9.18 Å². The maximum absolute atomic E-state index is 13.4. The summed E-state index contributed by atoms with van der Waals surface area (Å²) in [4.78, 5) is 10.9. The minimum absolute atomic E-state index is 0.0520. The van der Waals surface area contributed by atoms with Gasteiger partial charge in [0.15, 0.2) is 0 Å². The van der Waals surface area contributed by atoms with Gasteiger partial charge in [-0.15, -0.1) is 0 Å². The van der Waals surface area contributed by atoms with Gasteiger partial charge in [0.05, 0.1) is 25.7 Å². The van der Waals surface area contributed by atoms with Gasteiger partial charge < -0.3 is 23.7 Å². The highest BCUT2D eigenvalue weighted by molar-refractivity contribution is 5.64. The smallest absolute Gasteiger partial charge is 0.494 e. The largest absolute Gasteiger partial charge is 0.508 e. The maximum Gasteiger partial charge on any atom is 0.508 e. The number of benzene rings is 3. The molecule has 42 heavy (non-hydrogen) atoms. The third kappa shape index (κ3) is 11.6. The topological polar surface area (TPSA) is 63.2 Å². The molecule has 1 heterocycles. The minimum Gasteiger partial charge on any atom is -0.494 e. The van der Waals surface area contributed by atoms with E-state index < -0.39 is 6.16 Å². The monoisotopic (exact) mass is 578 g/mol. The zero-order valence-corrected chi connectivity index (χ0v) is 24.4. The predicted octanol–water partition coefficient (Wildman–Crippen LogP) is 9.01. The highest BCUT2D eigenvalue weighted by Crippen LogP contribution is 2.23. The molecule has 0 saturated carbocycles. The molecule has 0 atom stereocenters. The number of rotatable bonds is 19. The summed E-state index contributed by atoms with van der Waals surface area (Å²) in [7, 11) is 0. The van der Waals surface area contributed by atoms with Gasteiger partial charge in [-0.3, -0.25) is 0 Å². The molecule has 7 heteroatoms. The second-order valence-electron chi connectivity index (χ2n) is 10.8.